The first-order valence-corrected chi connectivity index (χ1v) is 10.7. The van der Waals surface area contributed by atoms with E-state index in [4.69, 9.17) is 0 Å². The highest BCUT2D eigenvalue weighted by Gasteiger charge is 2.26. The van der Waals surface area contributed by atoms with Crippen LogP contribution in [-0.2, 0) is 4.79 Å². The smallest absolute Gasteiger partial charge is 0.227 e. The van der Waals surface area contributed by atoms with E-state index in [1.165, 1.54) is 16.6 Å². The fourth-order valence-corrected chi connectivity index (χ4v) is 4.30. The van der Waals surface area contributed by atoms with Gasteiger partial charge < -0.3 is 15.2 Å². The summed E-state index contributed by atoms with van der Waals surface area (Å²) in [5, 5.41) is 4.27. The molecule has 0 spiro atoms. The van der Waals surface area contributed by atoms with E-state index in [0.717, 1.165) is 48.4 Å². The van der Waals surface area contributed by atoms with Crippen LogP contribution in [-0.4, -0.2) is 33.9 Å². The van der Waals surface area contributed by atoms with Gasteiger partial charge >= 0.3 is 0 Å². The van der Waals surface area contributed by atoms with E-state index in [-0.39, 0.29) is 11.8 Å². The second-order valence-electron chi connectivity index (χ2n) is 8.14. The first-order chi connectivity index (χ1) is 15.2. The van der Waals surface area contributed by atoms with E-state index in [1.54, 1.807) is 12.5 Å². The van der Waals surface area contributed by atoms with Crippen molar-refractivity contribution < 1.29 is 4.79 Å². The number of hydrogen-bond acceptors (Lipinski definition) is 4. The second-order valence-corrected chi connectivity index (χ2v) is 8.14. The number of H-pyrrole nitrogens is 1. The predicted octanol–water partition coefficient (Wildman–Crippen LogP) is 4.79. The van der Waals surface area contributed by atoms with E-state index >= 15 is 0 Å². The first kappa shape index (κ1) is 19.3. The Morgan fingerprint density at radius 1 is 1.10 bits per heavy atom. The highest BCUT2D eigenvalue weighted by molar-refractivity contribution is 5.94. The van der Waals surface area contributed by atoms with E-state index in [2.05, 4.69) is 56.4 Å². The van der Waals surface area contributed by atoms with Gasteiger partial charge in [0.2, 0.25) is 5.91 Å². The third-order valence-corrected chi connectivity index (χ3v) is 6.04. The Bertz CT molecular complexity index is 1190. The molecule has 1 aliphatic rings. The number of carbonyl (C=O) groups excluding carboxylic acids is 1. The number of aromatic amines is 1. The predicted molar refractivity (Wildman–Crippen MR) is 124 cm³/mol. The van der Waals surface area contributed by atoms with Gasteiger partial charge in [-0.25, -0.2) is 4.98 Å². The summed E-state index contributed by atoms with van der Waals surface area (Å²) in [5.74, 6) is 0.128. The molecule has 0 unspecified atom stereocenters. The number of amides is 1. The van der Waals surface area contributed by atoms with Crippen molar-refractivity contribution in [2.24, 2.45) is 5.92 Å². The molecular weight excluding hydrogens is 386 g/mol. The number of aromatic nitrogens is 3. The lowest BCUT2D eigenvalue weighted by atomic mass is 9.95. The lowest BCUT2D eigenvalue weighted by Crippen LogP contribution is -2.38. The fraction of sp³-hybridized carbons (Fsp3) is 0.240. The van der Waals surface area contributed by atoms with Crippen molar-refractivity contribution in [3.05, 3.63) is 72.8 Å². The molecule has 6 heteroatoms. The Kier molecular flexibility index (Phi) is 5.12. The molecule has 4 aromatic rings. The monoisotopic (exact) mass is 411 g/mol. The minimum atomic E-state index is 0.0263. The largest absolute Gasteiger partial charge is 0.371 e. The maximum Gasteiger partial charge on any atom is 0.227 e. The van der Waals surface area contributed by atoms with Crippen molar-refractivity contribution in [3.63, 3.8) is 0 Å². The summed E-state index contributed by atoms with van der Waals surface area (Å²) in [7, 11) is 0. The maximum absolute atomic E-state index is 12.8. The fourth-order valence-electron chi connectivity index (χ4n) is 4.30. The molecule has 0 radical (unpaired) electrons. The number of pyridine rings is 1. The number of nitrogens with zero attached hydrogens (tertiary/aromatic N) is 3. The van der Waals surface area contributed by atoms with E-state index < -0.39 is 0 Å². The average Bonchev–Trinajstić information content (AvgIpc) is 3.34. The molecule has 0 bridgehead atoms. The first-order valence-electron chi connectivity index (χ1n) is 10.7. The molecule has 5 rings (SSSR count). The summed E-state index contributed by atoms with van der Waals surface area (Å²) in [6.45, 7) is 3.84. The van der Waals surface area contributed by atoms with Gasteiger partial charge in [-0.05, 0) is 55.7 Å². The molecular formula is C25H25N5O. The van der Waals surface area contributed by atoms with Crippen LogP contribution in [0.25, 0.3) is 22.2 Å². The highest BCUT2D eigenvalue weighted by Crippen LogP contribution is 2.30. The molecule has 2 aromatic carbocycles. The number of imidazole rings is 1. The zero-order valence-electron chi connectivity index (χ0n) is 17.5. The quantitative estimate of drug-likeness (QED) is 0.506. The van der Waals surface area contributed by atoms with Gasteiger partial charge in [0.15, 0.2) is 0 Å². The molecule has 0 atom stereocenters. The number of anilines is 2. The van der Waals surface area contributed by atoms with Gasteiger partial charge in [-0.1, -0.05) is 23.8 Å². The van der Waals surface area contributed by atoms with E-state index in [1.807, 2.05) is 30.5 Å². The number of hydrogen-bond donors (Lipinski definition) is 2. The van der Waals surface area contributed by atoms with Crippen molar-refractivity contribution in [3.8, 4) is 11.3 Å². The van der Waals surface area contributed by atoms with Crippen LogP contribution < -0.4 is 10.2 Å². The van der Waals surface area contributed by atoms with Crippen LogP contribution in [0.4, 0.5) is 11.4 Å². The van der Waals surface area contributed by atoms with Crippen molar-refractivity contribution in [1.82, 2.24) is 15.0 Å². The van der Waals surface area contributed by atoms with Gasteiger partial charge in [0, 0.05) is 42.0 Å². The average molecular weight is 412 g/mol. The number of nitrogens with one attached hydrogen (secondary N) is 2. The molecule has 0 saturated carbocycles. The van der Waals surface area contributed by atoms with Gasteiger partial charge in [-0.15, -0.1) is 0 Å². The highest BCUT2D eigenvalue weighted by atomic mass is 16.1. The van der Waals surface area contributed by atoms with Crippen molar-refractivity contribution in [2.45, 2.75) is 19.8 Å². The normalized spacial score (nSPS) is 14.7. The Labute approximate surface area is 181 Å². The minimum Gasteiger partial charge on any atom is -0.371 e. The molecule has 1 fully saturated rings. The number of carbonyl (C=O) groups is 1. The molecule has 3 heterocycles. The number of benzene rings is 2. The van der Waals surface area contributed by atoms with Crippen LogP contribution in [0.2, 0.25) is 0 Å². The van der Waals surface area contributed by atoms with Crippen LogP contribution >= 0.6 is 0 Å². The van der Waals surface area contributed by atoms with Crippen molar-refractivity contribution in [1.29, 1.82) is 0 Å². The van der Waals surface area contributed by atoms with Crippen molar-refractivity contribution in [2.75, 3.05) is 23.3 Å². The summed E-state index contributed by atoms with van der Waals surface area (Å²) in [6.07, 6.45) is 7.00. The lowest BCUT2D eigenvalue weighted by molar-refractivity contribution is -0.120. The summed E-state index contributed by atoms with van der Waals surface area (Å²) in [5.41, 5.74) is 6.29. The molecule has 1 amide bonds. The number of rotatable bonds is 4. The number of piperidine rings is 1. The zero-order valence-corrected chi connectivity index (χ0v) is 17.5. The molecule has 2 aromatic heterocycles. The molecule has 6 nitrogen and oxygen atoms in total. The van der Waals surface area contributed by atoms with Crippen molar-refractivity contribution >= 4 is 28.2 Å². The third-order valence-electron chi connectivity index (χ3n) is 6.04. The van der Waals surface area contributed by atoms with Gasteiger partial charge in [-0.3, -0.25) is 9.78 Å². The topological polar surface area (TPSA) is 73.9 Å². The van der Waals surface area contributed by atoms with Gasteiger partial charge in [-0.2, -0.15) is 0 Å². The van der Waals surface area contributed by atoms with Gasteiger partial charge in [0.1, 0.15) is 0 Å². The van der Waals surface area contributed by atoms with Crippen LogP contribution in [0.3, 0.4) is 0 Å². The Morgan fingerprint density at radius 2 is 1.90 bits per heavy atom. The minimum absolute atomic E-state index is 0.0263. The molecule has 156 valence electrons. The molecule has 0 aliphatic carbocycles. The van der Waals surface area contributed by atoms with Crippen LogP contribution in [0.5, 0.6) is 0 Å². The summed E-state index contributed by atoms with van der Waals surface area (Å²) in [4.78, 5) is 26.8. The third kappa shape index (κ3) is 4.01. The number of fused-ring (bicyclic) bond motifs is 1. The number of aryl methyl sites for hydroxylation is 1. The lowest BCUT2D eigenvalue weighted by Gasteiger charge is -2.33. The zero-order chi connectivity index (χ0) is 21.2. The molecule has 1 saturated heterocycles. The van der Waals surface area contributed by atoms with Crippen LogP contribution in [0.15, 0.2) is 67.3 Å². The Morgan fingerprint density at radius 3 is 2.65 bits per heavy atom. The van der Waals surface area contributed by atoms with E-state index in [9.17, 15) is 4.79 Å². The molecule has 2 N–H and O–H groups in total. The Balaban J connectivity index is 1.23. The van der Waals surface area contributed by atoms with Gasteiger partial charge in [0.05, 0.1) is 23.7 Å². The standard InChI is InChI=1S/C25H25N5O/c1-17-2-7-22-21(14-17)24(8-11-27-22)30-12-9-19(10-13-30)25(31)29-20-5-3-18(4-6-20)23-15-26-16-28-23/h2-8,11,14-16,19H,9-10,12-13H2,1H3,(H,26,28)(H,29,31). The van der Waals surface area contributed by atoms with E-state index in [0.29, 0.717) is 0 Å². The Hall–Kier alpha value is -3.67. The SMILES string of the molecule is Cc1ccc2nccc(N3CCC(C(=O)Nc4ccc(-c5cnc[nH]5)cc4)CC3)c2c1. The summed E-state index contributed by atoms with van der Waals surface area (Å²) in [6, 6.07) is 16.3. The molecule has 1 aliphatic heterocycles. The summed E-state index contributed by atoms with van der Waals surface area (Å²) >= 11 is 0. The van der Waals surface area contributed by atoms with Crippen LogP contribution in [0.1, 0.15) is 18.4 Å². The maximum atomic E-state index is 12.8. The molecule has 31 heavy (non-hydrogen) atoms. The second kappa shape index (κ2) is 8.22. The summed E-state index contributed by atoms with van der Waals surface area (Å²) < 4.78 is 0. The van der Waals surface area contributed by atoms with Crippen LogP contribution in [0, 0.1) is 12.8 Å². The van der Waals surface area contributed by atoms with Gasteiger partial charge in [0.25, 0.3) is 0 Å².